The maximum Gasteiger partial charge on any atom is 0.331 e. The van der Waals surface area contributed by atoms with Gasteiger partial charge in [0.15, 0.2) is 11.2 Å². The van der Waals surface area contributed by atoms with Crippen molar-refractivity contribution in [3.8, 4) is 5.69 Å². The van der Waals surface area contributed by atoms with E-state index in [1.807, 2.05) is 30.3 Å². The normalized spacial score (nSPS) is 19.3. The molecule has 0 bridgehead atoms. The molecule has 2 N–H and O–H groups in total. The lowest BCUT2D eigenvalue weighted by molar-refractivity contribution is -0.144. The number of rotatable bonds is 4. The summed E-state index contributed by atoms with van der Waals surface area (Å²) < 4.78 is 6.72. The maximum atomic E-state index is 12.7. The number of aromatic nitrogens is 4. The summed E-state index contributed by atoms with van der Waals surface area (Å²) in [5, 5.41) is 21.0. The van der Waals surface area contributed by atoms with E-state index >= 15 is 0 Å². The van der Waals surface area contributed by atoms with Gasteiger partial charge in [-0.3, -0.25) is 9.78 Å². The first kappa shape index (κ1) is 17.1. The third kappa shape index (κ3) is 2.81. The SMILES string of the molecule is Cc1c(C(=O)NC2(C(=O)O)CCOC2)nnn1-c1cccc2ncccc12. The Morgan fingerprint density at radius 1 is 1.30 bits per heavy atom. The first-order valence-corrected chi connectivity index (χ1v) is 8.42. The molecule has 1 amide bonds. The van der Waals surface area contributed by atoms with Crippen molar-refractivity contribution in [2.45, 2.75) is 18.9 Å². The molecule has 0 spiro atoms. The van der Waals surface area contributed by atoms with Crippen LogP contribution < -0.4 is 5.32 Å². The summed E-state index contributed by atoms with van der Waals surface area (Å²) in [5.74, 6) is -1.72. The second-order valence-corrected chi connectivity index (χ2v) is 6.43. The average molecular weight is 367 g/mol. The third-order valence-corrected chi connectivity index (χ3v) is 4.74. The molecule has 4 rings (SSSR count). The Morgan fingerprint density at radius 2 is 2.15 bits per heavy atom. The number of nitrogens with zero attached hydrogens (tertiary/aromatic N) is 4. The van der Waals surface area contributed by atoms with Crippen molar-refractivity contribution in [3.05, 3.63) is 47.9 Å². The number of carbonyl (C=O) groups is 2. The van der Waals surface area contributed by atoms with Crippen LogP contribution in [0.3, 0.4) is 0 Å². The van der Waals surface area contributed by atoms with Gasteiger partial charge in [-0.05, 0) is 31.2 Å². The number of hydrogen-bond donors (Lipinski definition) is 2. The van der Waals surface area contributed by atoms with Gasteiger partial charge in [0.2, 0.25) is 0 Å². The minimum Gasteiger partial charge on any atom is -0.479 e. The standard InChI is InChI=1S/C18H17N5O4/c1-11-15(16(24)20-18(17(25)26)7-9-27-10-18)21-22-23(11)14-6-2-5-13-12(14)4-3-8-19-13/h2-6,8H,7,9-10H2,1H3,(H,20,24)(H,25,26). The number of carboxylic acids is 1. The Morgan fingerprint density at radius 3 is 2.89 bits per heavy atom. The molecule has 1 aliphatic heterocycles. The van der Waals surface area contributed by atoms with E-state index < -0.39 is 17.4 Å². The Labute approximate surface area is 154 Å². The first-order chi connectivity index (χ1) is 13.0. The van der Waals surface area contributed by atoms with Crippen LogP contribution in [0.4, 0.5) is 0 Å². The minimum atomic E-state index is -1.43. The Hall–Kier alpha value is -3.33. The van der Waals surface area contributed by atoms with Gasteiger partial charge in [-0.1, -0.05) is 11.3 Å². The van der Waals surface area contributed by atoms with E-state index in [4.69, 9.17) is 4.74 Å². The number of amides is 1. The molecule has 3 aromatic rings. The molecule has 9 heteroatoms. The zero-order valence-corrected chi connectivity index (χ0v) is 14.5. The average Bonchev–Trinajstić information content (AvgIpc) is 3.29. The van der Waals surface area contributed by atoms with E-state index in [1.54, 1.807) is 17.8 Å². The number of carboxylic acid groups (broad SMARTS) is 1. The second kappa shape index (κ2) is 6.44. The zero-order chi connectivity index (χ0) is 19.0. The summed E-state index contributed by atoms with van der Waals surface area (Å²) in [6, 6.07) is 9.32. The Balaban J connectivity index is 1.70. The molecule has 1 aromatic carbocycles. The molecule has 1 unspecified atom stereocenters. The summed E-state index contributed by atoms with van der Waals surface area (Å²) in [6.07, 6.45) is 1.91. The smallest absolute Gasteiger partial charge is 0.331 e. The fourth-order valence-electron chi connectivity index (χ4n) is 3.20. The first-order valence-electron chi connectivity index (χ1n) is 8.42. The maximum absolute atomic E-state index is 12.7. The molecule has 1 saturated heterocycles. The molecule has 1 fully saturated rings. The predicted molar refractivity (Wildman–Crippen MR) is 94.7 cm³/mol. The van der Waals surface area contributed by atoms with Crippen molar-refractivity contribution in [2.24, 2.45) is 0 Å². The number of carbonyl (C=O) groups excluding carboxylic acids is 1. The lowest BCUT2D eigenvalue weighted by atomic mass is 9.99. The molecule has 0 saturated carbocycles. The van der Waals surface area contributed by atoms with E-state index in [0.29, 0.717) is 5.69 Å². The van der Waals surface area contributed by atoms with Crippen molar-refractivity contribution in [1.82, 2.24) is 25.3 Å². The largest absolute Gasteiger partial charge is 0.479 e. The van der Waals surface area contributed by atoms with Gasteiger partial charge in [-0.25, -0.2) is 9.48 Å². The fourth-order valence-corrected chi connectivity index (χ4v) is 3.20. The molecule has 9 nitrogen and oxygen atoms in total. The number of hydrogen-bond acceptors (Lipinski definition) is 6. The van der Waals surface area contributed by atoms with Crippen LogP contribution in [0.1, 0.15) is 22.6 Å². The van der Waals surface area contributed by atoms with Crippen LogP contribution in [0.2, 0.25) is 0 Å². The van der Waals surface area contributed by atoms with Crippen LogP contribution in [0.5, 0.6) is 0 Å². The number of pyridine rings is 1. The van der Waals surface area contributed by atoms with Gasteiger partial charge in [0, 0.05) is 24.6 Å². The molecule has 0 radical (unpaired) electrons. The van der Waals surface area contributed by atoms with Crippen molar-refractivity contribution < 1.29 is 19.4 Å². The lowest BCUT2D eigenvalue weighted by Crippen LogP contribution is -2.55. The molecular formula is C18H17N5O4. The molecule has 2 aromatic heterocycles. The number of fused-ring (bicyclic) bond motifs is 1. The van der Waals surface area contributed by atoms with Crippen molar-refractivity contribution in [2.75, 3.05) is 13.2 Å². The van der Waals surface area contributed by atoms with Crippen molar-refractivity contribution in [1.29, 1.82) is 0 Å². The summed E-state index contributed by atoms with van der Waals surface area (Å²) in [7, 11) is 0. The van der Waals surface area contributed by atoms with Crippen LogP contribution in [0, 0.1) is 6.92 Å². The van der Waals surface area contributed by atoms with Gasteiger partial charge >= 0.3 is 5.97 Å². The number of ether oxygens (including phenoxy) is 1. The van der Waals surface area contributed by atoms with Crippen LogP contribution in [-0.4, -0.2) is 55.7 Å². The van der Waals surface area contributed by atoms with Crippen molar-refractivity contribution >= 4 is 22.8 Å². The predicted octanol–water partition coefficient (Wildman–Crippen LogP) is 1.10. The molecule has 27 heavy (non-hydrogen) atoms. The van der Waals surface area contributed by atoms with E-state index in [2.05, 4.69) is 20.6 Å². The molecular weight excluding hydrogens is 350 g/mol. The van der Waals surface area contributed by atoms with Gasteiger partial charge in [0.1, 0.15) is 0 Å². The molecule has 0 aliphatic carbocycles. The third-order valence-electron chi connectivity index (χ3n) is 4.74. The summed E-state index contributed by atoms with van der Waals surface area (Å²) >= 11 is 0. The second-order valence-electron chi connectivity index (χ2n) is 6.43. The summed E-state index contributed by atoms with van der Waals surface area (Å²) in [6.45, 7) is 1.92. The van der Waals surface area contributed by atoms with Crippen LogP contribution in [0.25, 0.3) is 16.6 Å². The topological polar surface area (TPSA) is 119 Å². The lowest BCUT2D eigenvalue weighted by Gasteiger charge is -2.23. The van der Waals surface area contributed by atoms with Crippen LogP contribution in [0.15, 0.2) is 36.5 Å². The fraction of sp³-hybridized carbons (Fsp3) is 0.278. The molecule has 1 aliphatic rings. The summed E-state index contributed by atoms with van der Waals surface area (Å²) in [4.78, 5) is 28.6. The highest BCUT2D eigenvalue weighted by Gasteiger charge is 2.44. The Bertz CT molecular complexity index is 1030. The quantitative estimate of drug-likeness (QED) is 0.708. The Kier molecular flexibility index (Phi) is 4.08. The van der Waals surface area contributed by atoms with Gasteiger partial charge < -0.3 is 15.2 Å². The highest BCUT2D eigenvalue weighted by atomic mass is 16.5. The molecule has 138 valence electrons. The van der Waals surface area contributed by atoms with Crippen molar-refractivity contribution in [3.63, 3.8) is 0 Å². The van der Waals surface area contributed by atoms with E-state index in [9.17, 15) is 14.7 Å². The number of benzene rings is 1. The molecule has 3 heterocycles. The van der Waals surface area contributed by atoms with Gasteiger partial charge in [-0.2, -0.15) is 0 Å². The minimum absolute atomic E-state index is 0.0726. The van der Waals surface area contributed by atoms with E-state index in [0.717, 1.165) is 16.6 Å². The van der Waals surface area contributed by atoms with Gasteiger partial charge in [-0.15, -0.1) is 5.10 Å². The van der Waals surface area contributed by atoms with E-state index in [-0.39, 0.29) is 25.3 Å². The van der Waals surface area contributed by atoms with Crippen LogP contribution >= 0.6 is 0 Å². The summed E-state index contributed by atoms with van der Waals surface area (Å²) in [5.41, 5.74) is 0.675. The number of nitrogens with one attached hydrogen (secondary N) is 1. The highest BCUT2D eigenvalue weighted by Crippen LogP contribution is 2.23. The van der Waals surface area contributed by atoms with Crippen LogP contribution in [-0.2, 0) is 9.53 Å². The van der Waals surface area contributed by atoms with Gasteiger partial charge in [0.25, 0.3) is 5.91 Å². The molecule has 1 atom stereocenters. The highest BCUT2D eigenvalue weighted by molar-refractivity contribution is 5.97. The number of aliphatic carboxylic acids is 1. The zero-order valence-electron chi connectivity index (χ0n) is 14.5. The van der Waals surface area contributed by atoms with Gasteiger partial charge in [0.05, 0.1) is 23.5 Å². The van der Waals surface area contributed by atoms with E-state index in [1.165, 1.54) is 0 Å². The monoisotopic (exact) mass is 367 g/mol.